The molecule has 1 aromatic rings. The molecular weight excluding hydrogens is 350 g/mol. The fraction of sp³-hybridized carbons (Fsp3) is 0.696. The van der Waals surface area contributed by atoms with E-state index in [1.54, 1.807) is 0 Å². The van der Waals surface area contributed by atoms with Crippen LogP contribution in [0.4, 0.5) is 5.69 Å². The minimum Gasteiger partial charge on any atom is -0.380 e. The average molecular weight is 386 g/mol. The maximum absolute atomic E-state index is 12.5. The zero-order chi connectivity index (χ0) is 19.2. The first kappa shape index (κ1) is 19.9. The monoisotopic (exact) mass is 385 g/mol. The summed E-state index contributed by atoms with van der Waals surface area (Å²) in [5.74, 6) is 0.402. The van der Waals surface area contributed by atoms with Crippen molar-refractivity contribution in [3.8, 4) is 0 Å². The summed E-state index contributed by atoms with van der Waals surface area (Å²) < 4.78 is 5.53. The van der Waals surface area contributed by atoms with E-state index in [1.165, 1.54) is 57.2 Å². The van der Waals surface area contributed by atoms with E-state index in [1.807, 2.05) is 6.07 Å². The van der Waals surface area contributed by atoms with E-state index in [-0.39, 0.29) is 11.8 Å². The van der Waals surface area contributed by atoms with Gasteiger partial charge in [0.2, 0.25) is 5.91 Å². The average Bonchev–Trinajstić information content (AvgIpc) is 3.28. The van der Waals surface area contributed by atoms with Crippen LogP contribution in [0.2, 0.25) is 0 Å². The van der Waals surface area contributed by atoms with Crippen molar-refractivity contribution in [2.45, 2.75) is 70.0 Å². The number of hydrogen-bond donors (Lipinski definition) is 2. The lowest BCUT2D eigenvalue weighted by molar-refractivity contribution is -0.120. The molecule has 3 fully saturated rings. The molecule has 28 heavy (non-hydrogen) atoms. The zero-order valence-corrected chi connectivity index (χ0v) is 17.0. The zero-order valence-electron chi connectivity index (χ0n) is 17.0. The second-order valence-electron chi connectivity index (χ2n) is 8.73. The predicted molar refractivity (Wildman–Crippen MR) is 112 cm³/mol. The Morgan fingerprint density at radius 1 is 1.07 bits per heavy atom. The second-order valence-corrected chi connectivity index (χ2v) is 8.73. The van der Waals surface area contributed by atoms with Crippen molar-refractivity contribution in [1.82, 2.24) is 10.2 Å². The number of ether oxygens (including phenoxy) is 1. The third-order valence-corrected chi connectivity index (χ3v) is 6.72. The molecular formula is C23H35N3O2. The van der Waals surface area contributed by atoms with E-state index in [4.69, 9.17) is 4.74 Å². The normalized spacial score (nSPS) is 25.1. The number of rotatable bonds is 6. The van der Waals surface area contributed by atoms with Crippen LogP contribution in [0.5, 0.6) is 0 Å². The summed E-state index contributed by atoms with van der Waals surface area (Å²) in [7, 11) is 0. The van der Waals surface area contributed by atoms with Crippen molar-refractivity contribution in [3.05, 3.63) is 29.8 Å². The van der Waals surface area contributed by atoms with Gasteiger partial charge in [-0.1, -0.05) is 31.4 Å². The highest BCUT2D eigenvalue weighted by Gasteiger charge is 2.27. The molecule has 5 heteroatoms. The molecule has 2 saturated heterocycles. The molecule has 2 N–H and O–H groups in total. The van der Waals surface area contributed by atoms with Crippen LogP contribution in [0, 0.1) is 5.92 Å². The molecule has 2 heterocycles. The largest absolute Gasteiger partial charge is 0.380 e. The molecule has 1 aliphatic carbocycles. The maximum Gasteiger partial charge on any atom is 0.227 e. The molecule has 2 aliphatic heterocycles. The minimum absolute atomic E-state index is 0.200. The van der Waals surface area contributed by atoms with Gasteiger partial charge in [0.25, 0.3) is 0 Å². The molecule has 1 unspecified atom stereocenters. The van der Waals surface area contributed by atoms with E-state index < -0.39 is 0 Å². The Labute approximate surface area is 169 Å². The molecule has 0 aromatic heterocycles. The number of benzene rings is 1. The predicted octanol–water partition coefficient (Wildman–Crippen LogP) is 3.55. The summed E-state index contributed by atoms with van der Waals surface area (Å²) in [6.45, 7) is 5.05. The van der Waals surface area contributed by atoms with Crippen LogP contribution in [0.1, 0.15) is 56.9 Å². The van der Waals surface area contributed by atoms with Gasteiger partial charge in [0.1, 0.15) is 0 Å². The highest BCUT2D eigenvalue weighted by atomic mass is 16.5. The topological polar surface area (TPSA) is 53.6 Å². The Hall–Kier alpha value is -1.43. The third kappa shape index (κ3) is 5.34. The van der Waals surface area contributed by atoms with Crippen LogP contribution < -0.4 is 10.6 Å². The molecule has 154 valence electrons. The van der Waals surface area contributed by atoms with Crippen molar-refractivity contribution in [2.75, 3.05) is 31.6 Å². The molecule has 1 atom stereocenters. The van der Waals surface area contributed by atoms with E-state index in [2.05, 4.69) is 33.7 Å². The molecule has 0 bridgehead atoms. The number of hydrogen-bond acceptors (Lipinski definition) is 4. The summed E-state index contributed by atoms with van der Waals surface area (Å²) in [6, 6.07) is 9.56. The van der Waals surface area contributed by atoms with Gasteiger partial charge in [-0.05, 0) is 49.8 Å². The Morgan fingerprint density at radius 3 is 2.64 bits per heavy atom. The van der Waals surface area contributed by atoms with E-state index in [0.717, 1.165) is 38.3 Å². The fourth-order valence-electron chi connectivity index (χ4n) is 4.91. The first-order chi connectivity index (χ1) is 13.8. The molecule has 1 saturated carbocycles. The SMILES string of the molecule is O=C(Nc1cccc(CNC2CCN(C3CCOC3)CC2)c1)C1CCCCC1. The number of likely N-dealkylation sites (tertiary alicyclic amines) is 1. The molecule has 0 radical (unpaired) electrons. The van der Waals surface area contributed by atoms with Gasteiger partial charge in [-0.3, -0.25) is 9.69 Å². The lowest BCUT2D eigenvalue weighted by Crippen LogP contribution is -2.46. The number of nitrogens with zero attached hydrogens (tertiary/aromatic N) is 1. The summed E-state index contributed by atoms with van der Waals surface area (Å²) in [6.07, 6.45) is 9.33. The van der Waals surface area contributed by atoms with Gasteiger partial charge in [-0.2, -0.15) is 0 Å². The Morgan fingerprint density at radius 2 is 1.89 bits per heavy atom. The second kappa shape index (κ2) is 9.86. The van der Waals surface area contributed by atoms with Gasteiger partial charge in [-0.25, -0.2) is 0 Å². The van der Waals surface area contributed by atoms with Crippen LogP contribution in [-0.4, -0.2) is 49.2 Å². The minimum atomic E-state index is 0.200. The molecule has 0 spiro atoms. The fourth-order valence-corrected chi connectivity index (χ4v) is 4.91. The number of carbonyl (C=O) groups is 1. The third-order valence-electron chi connectivity index (χ3n) is 6.72. The van der Waals surface area contributed by atoms with E-state index in [9.17, 15) is 4.79 Å². The van der Waals surface area contributed by atoms with Gasteiger partial charge in [0.15, 0.2) is 0 Å². The van der Waals surface area contributed by atoms with Crippen LogP contribution in [0.15, 0.2) is 24.3 Å². The molecule has 5 nitrogen and oxygen atoms in total. The molecule has 3 aliphatic rings. The Balaban J connectivity index is 1.22. The van der Waals surface area contributed by atoms with Crippen LogP contribution >= 0.6 is 0 Å². The van der Waals surface area contributed by atoms with Gasteiger partial charge < -0.3 is 15.4 Å². The van der Waals surface area contributed by atoms with Crippen LogP contribution in [0.25, 0.3) is 0 Å². The van der Waals surface area contributed by atoms with E-state index >= 15 is 0 Å². The smallest absolute Gasteiger partial charge is 0.227 e. The highest BCUT2D eigenvalue weighted by molar-refractivity contribution is 5.92. The Kier molecular flexibility index (Phi) is 7.00. The number of carbonyl (C=O) groups excluding carboxylic acids is 1. The van der Waals surface area contributed by atoms with Crippen molar-refractivity contribution in [3.63, 3.8) is 0 Å². The highest BCUT2D eigenvalue weighted by Crippen LogP contribution is 2.25. The van der Waals surface area contributed by atoms with Crippen molar-refractivity contribution < 1.29 is 9.53 Å². The van der Waals surface area contributed by atoms with Gasteiger partial charge in [0.05, 0.1) is 6.61 Å². The van der Waals surface area contributed by atoms with Crippen molar-refractivity contribution >= 4 is 11.6 Å². The number of anilines is 1. The van der Waals surface area contributed by atoms with Gasteiger partial charge >= 0.3 is 0 Å². The van der Waals surface area contributed by atoms with Crippen LogP contribution in [-0.2, 0) is 16.1 Å². The first-order valence-corrected chi connectivity index (χ1v) is 11.2. The first-order valence-electron chi connectivity index (χ1n) is 11.2. The quantitative estimate of drug-likeness (QED) is 0.786. The number of amides is 1. The van der Waals surface area contributed by atoms with Crippen LogP contribution in [0.3, 0.4) is 0 Å². The van der Waals surface area contributed by atoms with Gasteiger partial charge in [-0.15, -0.1) is 0 Å². The lowest BCUT2D eigenvalue weighted by Gasteiger charge is -2.35. The number of piperidine rings is 1. The molecule has 1 aromatic carbocycles. The maximum atomic E-state index is 12.5. The van der Waals surface area contributed by atoms with E-state index in [0.29, 0.717) is 12.1 Å². The summed E-state index contributed by atoms with van der Waals surface area (Å²) in [5.41, 5.74) is 2.18. The molecule has 1 amide bonds. The van der Waals surface area contributed by atoms with Crippen molar-refractivity contribution in [1.29, 1.82) is 0 Å². The van der Waals surface area contributed by atoms with Gasteiger partial charge in [0, 0.05) is 49.9 Å². The Bertz CT molecular complexity index is 630. The number of nitrogens with one attached hydrogen (secondary N) is 2. The summed E-state index contributed by atoms with van der Waals surface area (Å²) in [5, 5.41) is 6.86. The molecule has 4 rings (SSSR count). The lowest BCUT2D eigenvalue weighted by atomic mass is 9.88. The summed E-state index contributed by atoms with van der Waals surface area (Å²) in [4.78, 5) is 15.1. The standard InChI is InChI=1S/C23H35N3O2/c27-23(19-6-2-1-3-7-19)25-21-8-4-5-18(15-21)16-24-20-9-12-26(13-10-20)22-11-14-28-17-22/h4-5,8,15,19-20,22,24H,1-3,6-7,9-14,16-17H2,(H,25,27). The summed E-state index contributed by atoms with van der Waals surface area (Å²) >= 11 is 0. The van der Waals surface area contributed by atoms with Crippen molar-refractivity contribution in [2.24, 2.45) is 5.92 Å².